The molecule has 3 heteroatoms. The van der Waals surface area contributed by atoms with Gasteiger partial charge in [0.15, 0.2) is 0 Å². The lowest BCUT2D eigenvalue weighted by molar-refractivity contribution is 0.590. The lowest BCUT2D eigenvalue weighted by Gasteiger charge is -2.22. The van der Waals surface area contributed by atoms with Crippen molar-refractivity contribution in [3.05, 3.63) is 194 Å². The monoisotopic (exact) mass is 755 g/mol. The van der Waals surface area contributed by atoms with Gasteiger partial charge in [0, 0.05) is 33.0 Å². The molecule has 0 saturated heterocycles. The van der Waals surface area contributed by atoms with Crippen molar-refractivity contribution in [3.8, 4) is 89.5 Å². The maximum atomic E-state index is 5.61. The third-order valence-corrected chi connectivity index (χ3v) is 11.8. The van der Waals surface area contributed by atoms with E-state index in [1.807, 2.05) is 0 Å². The van der Waals surface area contributed by atoms with Crippen LogP contribution in [0.5, 0.6) is 0 Å². The van der Waals surface area contributed by atoms with Crippen molar-refractivity contribution >= 4 is 21.8 Å². The van der Waals surface area contributed by atoms with E-state index in [-0.39, 0.29) is 5.41 Å². The van der Waals surface area contributed by atoms with Gasteiger partial charge in [-0.1, -0.05) is 142 Å². The molecule has 8 bridgehead atoms. The summed E-state index contributed by atoms with van der Waals surface area (Å²) in [5.41, 5.74) is 20.3. The lowest BCUT2D eigenvalue weighted by atomic mass is 9.84. The molecule has 0 atom stereocenters. The molecule has 0 fully saturated rings. The van der Waals surface area contributed by atoms with E-state index in [9.17, 15) is 0 Å². The molecule has 280 valence electrons. The number of rotatable bonds is 4. The SMILES string of the molecule is CC(C)(C)c1cc2cc(c1)-c1cc(-c3ccccc3)cc(n1)-c1cc(-c3ccccc3)cc3c1[nH]c1c(cc(-c4ccccc4)cc13)-c1cc(-c3ccccc3)cc-2n1. The molecule has 3 nitrogen and oxygen atoms in total. The molecule has 3 aromatic heterocycles. The number of hydrogen-bond donors (Lipinski definition) is 1. The highest BCUT2D eigenvalue weighted by Crippen LogP contribution is 2.45. The molecule has 1 N–H and O–H groups in total. The van der Waals surface area contributed by atoms with Crippen LogP contribution >= 0.6 is 0 Å². The van der Waals surface area contributed by atoms with E-state index in [0.717, 1.165) is 111 Å². The second-order valence-electron chi connectivity index (χ2n) is 16.8. The Kier molecular flexibility index (Phi) is 8.06. The Morgan fingerprint density at radius 1 is 0.322 bits per heavy atom. The third kappa shape index (κ3) is 6.23. The Hall–Kier alpha value is -7.36. The number of nitrogens with one attached hydrogen (secondary N) is 1. The first kappa shape index (κ1) is 34.9. The molecule has 4 heterocycles. The van der Waals surface area contributed by atoms with E-state index in [0.29, 0.717) is 0 Å². The molecule has 0 radical (unpaired) electrons. The van der Waals surface area contributed by atoms with Gasteiger partial charge in [0.1, 0.15) is 0 Å². The second kappa shape index (κ2) is 13.6. The topological polar surface area (TPSA) is 41.6 Å². The van der Waals surface area contributed by atoms with Crippen LogP contribution in [0, 0.1) is 0 Å². The summed E-state index contributed by atoms with van der Waals surface area (Å²) in [6.07, 6.45) is 0. The number of aromatic amines is 1. The minimum Gasteiger partial charge on any atom is -0.353 e. The Bertz CT molecular complexity index is 3000. The first-order chi connectivity index (χ1) is 28.8. The summed E-state index contributed by atoms with van der Waals surface area (Å²) < 4.78 is 0. The van der Waals surface area contributed by atoms with Crippen LogP contribution < -0.4 is 0 Å². The predicted molar refractivity (Wildman–Crippen MR) is 247 cm³/mol. The first-order valence-electron chi connectivity index (χ1n) is 20.4. The van der Waals surface area contributed by atoms with Crippen LogP contribution in [0.4, 0.5) is 0 Å². The number of H-pyrrole nitrogens is 1. The molecule has 11 rings (SSSR count). The largest absolute Gasteiger partial charge is 0.353 e. The molecular weight excluding hydrogens is 715 g/mol. The van der Waals surface area contributed by atoms with Gasteiger partial charge in [0.2, 0.25) is 0 Å². The summed E-state index contributed by atoms with van der Waals surface area (Å²) in [6, 6.07) is 68.1. The maximum Gasteiger partial charge on any atom is 0.0737 e. The highest BCUT2D eigenvalue weighted by Gasteiger charge is 2.23. The standard InChI is InChI=1S/C56H41N3/c1-56(2,3)45-25-43-24-44(26-45)51-32-42(38-22-14-7-15-23-38)34-53(58-51)49-30-40(36-18-10-5-11-19-36)28-47-46-27-39(35-16-8-4-9-17-35)29-48(54(46)59-55(47)49)52-33-41(31-50(43)57-52)37-20-12-6-13-21-37/h4-34,59H,1-3H3. The number of pyridine rings is 2. The van der Waals surface area contributed by atoms with Gasteiger partial charge >= 0.3 is 0 Å². The smallest absolute Gasteiger partial charge is 0.0737 e. The minimum atomic E-state index is -0.124. The summed E-state index contributed by atoms with van der Waals surface area (Å²) in [5, 5.41) is 2.29. The van der Waals surface area contributed by atoms with Gasteiger partial charge in [-0.2, -0.15) is 0 Å². The molecule has 0 saturated carbocycles. The fourth-order valence-corrected chi connectivity index (χ4v) is 8.69. The summed E-state index contributed by atoms with van der Waals surface area (Å²) in [6.45, 7) is 6.85. The van der Waals surface area contributed by atoms with Gasteiger partial charge in [0.05, 0.1) is 33.8 Å². The second-order valence-corrected chi connectivity index (χ2v) is 16.8. The fourth-order valence-electron chi connectivity index (χ4n) is 8.69. The number of hydrogen-bond acceptors (Lipinski definition) is 2. The number of nitrogens with zero attached hydrogens (tertiary/aromatic N) is 2. The van der Waals surface area contributed by atoms with Gasteiger partial charge in [-0.15, -0.1) is 0 Å². The summed E-state index contributed by atoms with van der Waals surface area (Å²) in [7, 11) is 0. The van der Waals surface area contributed by atoms with E-state index in [1.165, 1.54) is 5.56 Å². The lowest BCUT2D eigenvalue weighted by Crippen LogP contribution is -2.11. The van der Waals surface area contributed by atoms with Crippen molar-refractivity contribution < 1.29 is 0 Å². The van der Waals surface area contributed by atoms with Crippen molar-refractivity contribution in [2.45, 2.75) is 26.2 Å². The van der Waals surface area contributed by atoms with Gasteiger partial charge in [-0.05, 0) is 122 Å². The fraction of sp³-hybridized carbons (Fsp3) is 0.0714. The number of fused-ring (bicyclic) bond motifs is 11. The van der Waals surface area contributed by atoms with Crippen LogP contribution in [0.15, 0.2) is 188 Å². The quantitative estimate of drug-likeness (QED) is 0.194. The summed E-state index contributed by atoms with van der Waals surface area (Å²) >= 11 is 0. The molecule has 7 aromatic carbocycles. The zero-order valence-corrected chi connectivity index (χ0v) is 33.3. The molecule has 1 aliphatic rings. The summed E-state index contributed by atoms with van der Waals surface area (Å²) in [4.78, 5) is 15.2. The Labute approximate surface area is 344 Å². The van der Waals surface area contributed by atoms with Crippen molar-refractivity contribution in [2.75, 3.05) is 0 Å². The highest BCUT2D eigenvalue weighted by atomic mass is 14.8. The van der Waals surface area contributed by atoms with Crippen LogP contribution in [0.25, 0.3) is 111 Å². The van der Waals surface area contributed by atoms with Crippen LogP contribution in [-0.2, 0) is 5.41 Å². The predicted octanol–water partition coefficient (Wildman–Crippen LogP) is 15.1. The molecule has 0 aliphatic carbocycles. The van der Waals surface area contributed by atoms with Gasteiger partial charge in [0.25, 0.3) is 0 Å². The molecule has 0 amide bonds. The van der Waals surface area contributed by atoms with Crippen LogP contribution in [0.3, 0.4) is 0 Å². The summed E-state index contributed by atoms with van der Waals surface area (Å²) in [5.74, 6) is 0. The van der Waals surface area contributed by atoms with Crippen molar-refractivity contribution in [1.82, 2.24) is 15.0 Å². The van der Waals surface area contributed by atoms with E-state index in [2.05, 4.69) is 214 Å². The van der Waals surface area contributed by atoms with Crippen LogP contribution in [-0.4, -0.2) is 15.0 Å². The van der Waals surface area contributed by atoms with Gasteiger partial charge < -0.3 is 4.98 Å². The number of aromatic nitrogens is 3. The van der Waals surface area contributed by atoms with E-state index in [1.54, 1.807) is 0 Å². The number of benzene rings is 7. The van der Waals surface area contributed by atoms with Gasteiger partial charge in [-0.3, -0.25) is 0 Å². The van der Waals surface area contributed by atoms with E-state index >= 15 is 0 Å². The average Bonchev–Trinajstić information content (AvgIpc) is 3.67. The average molecular weight is 756 g/mol. The zero-order valence-electron chi connectivity index (χ0n) is 33.3. The minimum absolute atomic E-state index is 0.124. The molecular formula is C56H41N3. The van der Waals surface area contributed by atoms with Crippen LogP contribution in [0.1, 0.15) is 26.3 Å². The van der Waals surface area contributed by atoms with Crippen LogP contribution in [0.2, 0.25) is 0 Å². The molecule has 10 aromatic rings. The third-order valence-electron chi connectivity index (χ3n) is 11.8. The van der Waals surface area contributed by atoms with Crippen molar-refractivity contribution in [3.63, 3.8) is 0 Å². The Balaban J connectivity index is 1.34. The Morgan fingerprint density at radius 2 is 0.661 bits per heavy atom. The molecule has 0 unspecified atom stereocenters. The highest BCUT2D eigenvalue weighted by molar-refractivity contribution is 6.17. The molecule has 1 aliphatic heterocycles. The molecule has 59 heavy (non-hydrogen) atoms. The van der Waals surface area contributed by atoms with Gasteiger partial charge in [-0.25, -0.2) is 9.97 Å². The van der Waals surface area contributed by atoms with E-state index in [4.69, 9.17) is 9.97 Å². The van der Waals surface area contributed by atoms with E-state index < -0.39 is 0 Å². The first-order valence-corrected chi connectivity index (χ1v) is 20.4. The van der Waals surface area contributed by atoms with Crippen molar-refractivity contribution in [2.24, 2.45) is 0 Å². The molecule has 0 spiro atoms. The Morgan fingerprint density at radius 3 is 1.02 bits per heavy atom. The van der Waals surface area contributed by atoms with Crippen molar-refractivity contribution in [1.29, 1.82) is 0 Å². The normalized spacial score (nSPS) is 12.0. The maximum absolute atomic E-state index is 5.61. The zero-order chi connectivity index (χ0) is 39.7.